The van der Waals surface area contributed by atoms with Crippen LogP contribution in [0.1, 0.15) is 27.0 Å². The molecule has 27 heavy (non-hydrogen) atoms. The molecule has 1 unspecified atom stereocenters. The van der Waals surface area contributed by atoms with Gasteiger partial charge in [-0.15, -0.1) is 11.3 Å². The average Bonchev–Trinajstić information content (AvgIpc) is 3.12. The van der Waals surface area contributed by atoms with Gasteiger partial charge < -0.3 is 4.74 Å². The Bertz CT molecular complexity index is 1040. The van der Waals surface area contributed by atoms with Crippen molar-refractivity contribution >= 4 is 28.3 Å². The van der Waals surface area contributed by atoms with Crippen LogP contribution in [0.3, 0.4) is 0 Å². The number of aromatic nitrogens is 1. The van der Waals surface area contributed by atoms with Crippen LogP contribution < -0.4 is 5.32 Å². The van der Waals surface area contributed by atoms with Gasteiger partial charge >= 0.3 is 5.97 Å². The van der Waals surface area contributed by atoms with E-state index < -0.39 is 12.1 Å². The van der Waals surface area contributed by atoms with Crippen LogP contribution in [-0.2, 0) is 16.0 Å². The second-order valence-corrected chi connectivity index (χ2v) is 7.44. The van der Waals surface area contributed by atoms with Crippen molar-refractivity contribution < 1.29 is 14.3 Å². The smallest absolute Gasteiger partial charge is 0.339 e. The van der Waals surface area contributed by atoms with Crippen molar-refractivity contribution in [3.63, 3.8) is 0 Å². The van der Waals surface area contributed by atoms with E-state index in [4.69, 9.17) is 4.74 Å². The second kappa shape index (κ2) is 6.96. The number of carbonyl (C=O) groups excluding carboxylic acids is 2. The first-order valence-corrected chi connectivity index (χ1v) is 9.52. The van der Waals surface area contributed by atoms with Crippen LogP contribution in [0.4, 0.5) is 5.13 Å². The maximum absolute atomic E-state index is 12.5. The first-order chi connectivity index (χ1) is 13.0. The summed E-state index contributed by atoms with van der Waals surface area (Å²) in [6, 6.07) is 13.3. The molecule has 0 radical (unpaired) electrons. The number of fused-ring (bicyclic) bond motifs is 1. The van der Waals surface area contributed by atoms with E-state index >= 15 is 0 Å². The Morgan fingerprint density at radius 1 is 1.19 bits per heavy atom. The minimum atomic E-state index is -0.846. The Labute approximate surface area is 161 Å². The highest BCUT2D eigenvalue weighted by atomic mass is 32.1. The third-order valence-electron chi connectivity index (χ3n) is 4.72. The molecule has 0 spiro atoms. The first-order valence-electron chi connectivity index (χ1n) is 8.64. The molecule has 1 N–H and O–H groups in total. The van der Waals surface area contributed by atoms with Crippen LogP contribution in [0.15, 0.2) is 47.8 Å². The highest BCUT2D eigenvalue weighted by Crippen LogP contribution is 2.27. The summed E-state index contributed by atoms with van der Waals surface area (Å²) >= 11 is 1.35. The normalized spacial score (nSPS) is 15.8. The fourth-order valence-corrected chi connectivity index (χ4v) is 3.75. The number of cyclic esters (lactones) is 1. The van der Waals surface area contributed by atoms with Gasteiger partial charge in [-0.05, 0) is 42.7 Å². The summed E-state index contributed by atoms with van der Waals surface area (Å²) in [6.45, 7) is 4.12. The highest BCUT2D eigenvalue weighted by molar-refractivity contribution is 7.14. The van der Waals surface area contributed by atoms with Crippen molar-refractivity contribution in [2.45, 2.75) is 26.4 Å². The maximum atomic E-state index is 12.5. The molecule has 0 bridgehead atoms. The third kappa shape index (κ3) is 3.48. The molecule has 0 saturated heterocycles. The third-order valence-corrected chi connectivity index (χ3v) is 5.48. The van der Waals surface area contributed by atoms with Crippen LogP contribution in [0.25, 0.3) is 11.3 Å². The summed E-state index contributed by atoms with van der Waals surface area (Å²) in [5.41, 5.74) is 5.58. The molecule has 6 heteroatoms. The van der Waals surface area contributed by atoms with Crippen molar-refractivity contribution in [3.05, 3.63) is 70.1 Å². The lowest BCUT2D eigenvalue weighted by molar-refractivity contribution is -0.125. The molecule has 2 heterocycles. The summed E-state index contributed by atoms with van der Waals surface area (Å²) in [4.78, 5) is 29.1. The van der Waals surface area contributed by atoms with Gasteiger partial charge in [0.15, 0.2) is 11.2 Å². The molecule has 136 valence electrons. The number of nitrogens with zero attached hydrogens (tertiary/aromatic N) is 1. The molecule has 3 aromatic rings. The zero-order valence-corrected chi connectivity index (χ0v) is 15.8. The molecule has 1 aromatic heterocycles. The quantitative estimate of drug-likeness (QED) is 0.695. The van der Waals surface area contributed by atoms with Gasteiger partial charge in [0.1, 0.15) is 0 Å². The van der Waals surface area contributed by atoms with E-state index in [-0.39, 0.29) is 5.91 Å². The van der Waals surface area contributed by atoms with Crippen molar-refractivity contribution in [3.8, 4) is 11.3 Å². The molecule has 1 aliphatic rings. The molecular formula is C21H18N2O3S. The molecule has 0 fully saturated rings. The van der Waals surface area contributed by atoms with Crippen LogP contribution in [0.5, 0.6) is 0 Å². The molecule has 0 saturated carbocycles. The number of hydrogen-bond acceptors (Lipinski definition) is 5. The summed E-state index contributed by atoms with van der Waals surface area (Å²) in [5, 5.41) is 5.16. The van der Waals surface area contributed by atoms with E-state index in [2.05, 4.69) is 36.3 Å². The average molecular weight is 378 g/mol. The van der Waals surface area contributed by atoms with Gasteiger partial charge in [-0.1, -0.05) is 30.3 Å². The van der Waals surface area contributed by atoms with E-state index in [1.807, 2.05) is 23.6 Å². The topological polar surface area (TPSA) is 68.3 Å². The van der Waals surface area contributed by atoms with Crippen LogP contribution in [-0.4, -0.2) is 23.0 Å². The maximum Gasteiger partial charge on any atom is 0.339 e. The number of thiazole rings is 1. The summed E-state index contributed by atoms with van der Waals surface area (Å²) in [5.74, 6) is -0.828. The fraction of sp³-hybridized carbons (Fsp3) is 0.190. The Morgan fingerprint density at radius 2 is 2.00 bits per heavy atom. The molecule has 1 amide bonds. The number of esters is 1. The molecule has 1 aliphatic heterocycles. The molecule has 5 nitrogen and oxygen atoms in total. The number of ether oxygens (including phenoxy) is 1. The van der Waals surface area contributed by atoms with Crippen molar-refractivity contribution in [1.29, 1.82) is 0 Å². The Kier molecular flexibility index (Phi) is 4.49. The number of anilines is 1. The molecule has 1 atom stereocenters. The van der Waals surface area contributed by atoms with Crippen LogP contribution in [0, 0.1) is 13.8 Å². The van der Waals surface area contributed by atoms with Gasteiger partial charge in [-0.2, -0.15) is 0 Å². The number of nitrogens with one attached hydrogen (secondary N) is 1. The van der Waals surface area contributed by atoms with E-state index in [0.717, 1.165) is 16.8 Å². The SMILES string of the molecule is Cc1ccc(-c2csc(NC(=O)C3Cc4ccccc4C(=O)O3)n2)cc1C. The van der Waals surface area contributed by atoms with Gasteiger partial charge in [-0.3, -0.25) is 10.1 Å². The van der Waals surface area contributed by atoms with Crippen LogP contribution in [0.2, 0.25) is 0 Å². The summed E-state index contributed by atoms with van der Waals surface area (Å²) in [7, 11) is 0. The lowest BCUT2D eigenvalue weighted by Crippen LogP contribution is -2.37. The molecular weight excluding hydrogens is 360 g/mol. The number of hydrogen-bond donors (Lipinski definition) is 1. The second-order valence-electron chi connectivity index (χ2n) is 6.58. The number of carbonyl (C=O) groups is 2. The predicted octanol–water partition coefficient (Wildman–Crippen LogP) is 4.15. The number of rotatable bonds is 3. The van der Waals surface area contributed by atoms with E-state index in [1.54, 1.807) is 12.1 Å². The van der Waals surface area contributed by atoms with Gasteiger partial charge in [0, 0.05) is 17.4 Å². The van der Waals surface area contributed by atoms with Gasteiger partial charge in [0.25, 0.3) is 5.91 Å². The fourth-order valence-electron chi connectivity index (χ4n) is 3.03. The first kappa shape index (κ1) is 17.4. The lowest BCUT2D eigenvalue weighted by Gasteiger charge is -2.23. The Morgan fingerprint density at radius 3 is 2.81 bits per heavy atom. The Hall–Kier alpha value is -2.99. The van der Waals surface area contributed by atoms with Gasteiger partial charge in [0.2, 0.25) is 0 Å². The van der Waals surface area contributed by atoms with Crippen molar-refractivity contribution in [1.82, 2.24) is 4.98 Å². The number of amides is 1. The summed E-state index contributed by atoms with van der Waals surface area (Å²) < 4.78 is 5.29. The molecule has 4 rings (SSSR count). The van der Waals surface area contributed by atoms with Crippen molar-refractivity contribution in [2.75, 3.05) is 5.32 Å². The molecule has 2 aromatic carbocycles. The lowest BCUT2D eigenvalue weighted by atomic mass is 9.98. The highest BCUT2D eigenvalue weighted by Gasteiger charge is 2.31. The van der Waals surface area contributed by atoms with Gasteiger partial charge in [-0.25, -0.2) is 9.78 Å². The number of aryl methyl sites for hydroxylation is 2. The van der Waals surface area contributed by atoms with E-state index in [9.17, 15) is 9.59 Å². The van der Waals surface area contributed by atoms with E-state index in [1.165, 1.54) is 22.5 Å². The monoisotopic (exact) mass is 378 g/mol. The largest absolute Gasteiger partial charge is 0.448 e. The van der Waals surface area contributed by atoms with Crippen LogP contribution >= 0.6 is 11.3 Å². The summed E-state index contributed by atoms with van der Waals surface area (Å²) in [6.07, 6.45) is -0.482. The zero-order chi connectivity index (χ0) is 19.0. The predicted molar refractivity (Wildman–Crippen MR) is 105 cm³/mol. The van der Waals surface area contributed by atoms with Gasteiger partial charge in [0.05, 0.1) is 11.3 Å². The molecule has 0 aliphatic carbocycles. The Balaban J connectivity index is 1.49. The van der Waals surface area contributed by atoms with Crippen molar-refractivity contribution in [2.24, 2.45) is 0 Å². The van der Waals surface area contributed by atoms with E-state index in [0.29, 0.717) is 17.1 Å². The minimum absolute atomic E-state index is 0.362. The minimum Gasteiger partial charge on any atom is -0.448 e. The number of benzene rings is 2. The standard InChI is InChI=1S/C21H18N2O3S/c1-12-7-8-15(9-13(12)2)17-11-27-21(22-17)23-19(24)18-10-14-5-3-4-6-16(14)20(25)26-18/h3-9,11,18H,10H2,1-2H3,(H,22,23,24). The zero-order valence-electron chi connectivity index (χ0n) is 15.0.